The Morgan fingerprint density at radius 2 is 1.17 bits per heavy atom. The number of aromatic nitrogens is 2. The van der Waals surface area contributed by atoms with Crippen LogP contribution < -0.4 is 0 Å². The van der Waals surface area contributed by atoms with Crippen LogP contribution >= 0.6 is 0 Å². The molecule has 3 rings (SSSR count). The first-order valence-electron chi connectivity index (χ1n) is 7.55. The Bertz CT molecular complexity index is 944. The van der Waals surface area contributed by atoms with Gasteiger partial charge in [-0.05, 0) is 52.0 Å². The summed E-state index contributed by atoms with van der Waals surface area (Å²) in [6.45, 7) is 7.25. The van der Waals surface area contributed by atoms with Gasteiger partial charge in [0.05, 0.1) is 22.5 Å². The molecule has 0 aliphatic heterocycles. The van der Waals surface area contributed by atoms with E-state index in [1.54, 1.807) is 13.8 Å². The van der Waals surface area contributed by atoms with Crippen molar-refractivity contribution >= 4 is 33.2 Å². The maximum atomic E-state index is 9.02. The molecule has 6 nitrogen and oxygen atoms in total. The highest BCUT2D eigenvalue weighted by molar-refractivity contribution is 6.06. The molecule has 0 atom stereocenters. The number of nitrogens with zero attached hydrogens (tertiary/aromatic N) is 4. The second kappa shape index (κ2) is 5.88. The highest BCUT2D eigenvalue weighted by atomic mass is 16.4. The summed E-state index contributed by atoms with van der Waals surface area (Å²) in [5, 5.41) is 26.5. The molecule has 0 aliphatic carbocycles. The van der Waals surface area contributed by atoms with E-state index in [1.165, 1.54) is 0 Å². The Morgan fingerprint density at radius 1 is 0.750 bits per heavy atom. The minimum atomic E-state index is 0.521. The molecule has 0 radical (unpaired) electrons. The van der Waals surface area contributed by atoms with Gasteiger partial charge in [0.15, 0.2) is 0 Å². The van der Waals surface area contributed by atoms with Crippen molar-refractivity contribution in [2.24, 2.45) is 10.3 Å². The standard InChI is InChI=1S/C18H18N4O2/c1-9-15(11(3)21-23)6-13-5-14-7-16(12(4)22-24)10(2)20-18(14)8-17(13)19-9/h5-8,23-24H,1-4H3/b21-11-,22-12+. The molecule has 2 N–H and O–H groups in total. The van der Waals surface area contributed by atoms with Crippen molar-refractivity contribution < 1.29 is 10.4 Å². The second-order valence-corrected chi connectivity index (χ2v) is 5.85. The minimum absolute atomic E-state index is 0.521. The van der Waals surface area contributed by atoms with Crippen molar-refractivity contribution in [2.75, 3.05) is 0 Å². The van der Waals surface area contributed by atoms with Gasteiger partial charge >= 0.3 is 0 Å². The van der Waals surface area contributed by atoms with Crippen molar-refractivity contribution in [3.05, 3.63) is 46.8 Å². The van der Waals surface area contributed by atoms with Gasteiger partial charge in [0.25, 0.3) is 0 Å². The largest absolute Gasteiger partial charge is 0.411 e. The lowest BCUT2D eigenvalue weighted by atomic mass is 10.0. The van der Waals surface area contributed by atoms with Crippen LogP contribution in [-0.2, 0) is 0 Å². The van der Waals surface area contributed by atoms with Crippen molar-refractivity contribution in [1.29, 1.82) is 0 Å². The number of fused-ring (bicyclic) bond motifs is 2. The van der Waals surface area contributed by atoms with Crippen LogP contribution in [0.2, 0.25) is 0 Å². The fourth-order valence-electron chi connectivity index (χ4n) is 2.88. The SMILES string of the molecule is C/C(=N/O)c1cc2cc3cc(/C(C)=N/O)c(C)nc3cc2nc1C. The Kier molecular flexibility index (Phi) is 3.89. The van der Waals surface area contributed by atoms with Crippen LogP contribution in [0.15, 0.2) is 34.6 Å². The third-order valence-electron chi connectivity index (χ3n) is 4.21. The first-order valence-corrected chi connectivity index (χ1v) is 7.55. The molecule has 2 aromatic heterocycles. The summed E-state index contributed by atoms with van der Waals surface area (Å²) in [6.07, 6.45) is 0. The zero-order chi connectivity index (χ0) is 17.4. The number of hydrogen-bond acceptors (Lipinski definition) is 6. The van der Waals surface area contributed by atoms with Gasteiger partial charge < -0.3 is 10.4 Å². The van der Waals surface area contributed by atoms with E-state index in [0.29, 0.717) is 11.4 Å². The lowest BCUT2D eigenvalue weighted by Gasteiger charge is -2.10. The summed E-state index contributed by atoms with van der Waals surface area (Å²) in [7, 11) is 0. The zero-order valence-corrected chi connectivity index (χ0v) is 14.0. The minimum Gasteiger partial charge on any atom is -0.411 e. The van der Waals surface area contributed by atoms with Gasteiger partial charge in [0.2, 0.25) is 0 Å². The molecule has 0 spiro atoms. The topological polar surface area (TPSA) is 91.0 Å². The molecule has 0 unspecified atom stereocenters. The average molecular weight is 322 g/mol. The Hall–Kier alpha value is -3.02. The van der Waals surface area contributed by atoms with E-state index in [9.17, 15) is 0 Å². The Balaban J connectivity index is 2.32. The highest BCUT2D eigenvalue weighted by Crippen LogP contribution is 2.25. The van der Waals surface area contributed by atoms with Crippen molar-refractivity contribution in [2.45, 2.75) is 27.7 Å². The third kappa shape index (κ3) is 2.56. The predicted octanol–water partition coefficient (Wildman–Crippen LogP) is 3.80. The molecule has 122 valence electrons. The van der Waals surface area contributed by atoms with E-state index in [4.69, 9.17) is 10.4 Å². The van der Waals surface area contributed by atoms with Gasteiger partial charge in [-0.2, -0.15) is 0 Å². The van der Waals surface area contributed by atoms with Crippen LogP contribution in [0.4, 0.5) is 0 Å². The summed E-state index contributed by atoms with van der Waals surface area (Å²) in [4.78, 5) is 9.20. The fourth-order valence-corrected chi connectivity index (χ4v) is 2.88. The molecule has 24 heavy (non-hydrogen) atoms. The van der Waals surface area contributed by atoms with Crippen LogP contribution in [0, 0.1) is 13.8 Å². The van der Waals surface area contributed by atoms with Crippen molar-refractivity contribution in [3.63, 3.8) is 0 Å². The van der Waals surface area contributed by atoms with Gasteiger partial charge in [0, 0.05) is 33.3 Å². The van der Waals surface area contributed by atoms with Gasteiger partial charge in [-0.1, -0.05) is 10.3 Å². The molecule has 6 heteroatoms. The normalized spacial score (nSPS) is 13.0. The zero-order valence-electron chi connectivity index (χ0n) is 14.0. The van der Waals surface area contributed by atoms with E-state index in [1.807, 2.05) is 38.1 Å². The first kappa shape index (κ1) is 15.9. The number of benzene rings is 1. The van der Waals surface area contributed by atoms with E-state index >= 15 is 0 Å². The maximum absolute atomic E-state index is 9.02. The van der Waals surface area contributed by atoms with E-state index in [2.05, 4.69) is 20.3 Å². The Labute approximate surface area is 139 Å². The number of rotatable bonds is 2. The number of hydrogen-bond donors (Lipinski definition) is 2. The summed E-state index contributed by atoms with van der Waals surface area (Å²) >= 11 is 0. The molecular weight excluding hydrogens is 304 g/mol. The monoisotopic (exact) mass is 322 g/mol. The van der Waals surface area contributed by atoms with E-state index < -0.39 is 0 Å². The predicted molar refractivity (Wildman–Crippen MR) is 94.5 cm³/mol. The second-order valence-electron chi connectivity index (χ2n) is 5.85. The maximum Gasteiger partial charge on any atom is 0.0855 e. The quantitative estimate of drug-likeness (QED) is 0.325. The molecule has 3 aromatic rings. The highest BCUT2D eigenvalue weighted by Gasteiger charge is 2.11. The molecule has 0 saturated heterocycles. The molecule has 1 aromatic carbocycles. The summed E-state index contributed by atoms with van der Waals surface area (Å²) in [6, 6.07) is 7.85. The van der Waals surface area contributed by atoms with Gasteiger partial charge in [-0.25, -0.2) is 0 Å². The lowest BCUT2D eigenvalue weighted by Crippen LogP contribution is -2.02. The van der Waals surface area contributed by atoms with E-state index in [-0.39, 0.29) is 0 Å². The van der Waals surface area contributed by atoms with Crippen molar-refractivity contribution in [1.82, 2.24) is 9.97 Å². The van der Waals surface area contributed by atoms with Gasteiger partial charge in [0.1, 0.15) is 0 Å². The van der Waals surface area contributed by atoms with Gasteiger partial charge in [-0.15, -0.1) is 0 Å². The number of pyridine rings is 2. The van der Waals surface area contributed by atoms with Crippen LogP contribution in [0.3, 0.4) is 0 Å². The van der Waals surface area contributed by atoms with Crippen LogP contribution in [0.25, 0.3) is 21.8 Å². The molecule has 0 bridgehead atoms. The molecular formula is C18H18N4O2. The lowest BCUT2D eigenvalue weighted by molar-refractivity contribution is 0.319. The smallest absolute Gasteiger partial charge is 0.0855 e. The summed E-state index contributed by atoms with van der Waals surface area (Å²) in [5.41, 5.74) is 5.92. The Morgan fingerprint density at radius 3 is 1.54 bits per heavy atom. The van der Waals surface area contributed by atoms with Crippen molar-refractivity contribution in [3.8, 4) is 0 Å². The summed E-state index contributed by atoms with van der Waals surface area (Å²) < 4.78 is 0. The molecule has 0 fully saturated rings. The average Bonchev–Trinajstić information content (AvgIpc) is 2.57. The summed E-state index contributed by atoms with van der Waals surface area (Å²) in [5.74, 6) is 0. The van der Waals surface area contributed by atoms with Gasteiger partial charge in [-0.3, -0.25) is 9.97 Å². The molecule has 0 saturated carbocycles. The molecule has 0 aliphatic rings. The van der Waals surface area contributed by atoms with Crippen LogP contribution in [0.1, 0.15) is 36.4 Å². The number of oxime groups is 2. The first-order chi connectivity index (χ1) is 11.4. The van der Waals surface area contributed by atoms with Crippen LogP contribution in [0.5, 0.6) is 0 Å². The number of aryl methyl sites for hydroxylation is 2. The van der Waals surface area contributed by atoms with Crippen LogP contribution in [-0.4, -0.2) is 31.8 Å². The molecule has 0 amide bonds. The molecule has 2 heterocycles. The van der Waals surface area contributed by atoms with E-state index in [0.717, 1.165) is 44.3 Å². The third-order valence-corrected chi connectivity index (χ3v) is 4.21. The fraction of sp³-hybridized carbons (Fsp3) is 0.222.